The van der Waals surface area contributed by atoms with Gasteiger partial charge in [-0.15, -0.1) is 0 Å². The zero-order valence-electron chi connectivity index (χ0n) is 17.8. The molecule has 4 rings (SSSR count). The molecule has 1 aromatic heterocycles. The second-order valence-electron chi connectivity index (χ2n) is 7.74. The Morgan fingerprint density at radius 3 is 1.71 bits per heavy atom. The summed E-state index contributed by atoms with van der Waals surface area (Å²) in [7, 11) is -2.52. The molecular weight excluding hydrogens is 399 g/mol. The number of aromatic amines is 1. The van der Waals surface area contributed by atoms with Gasteiger partial charge in [0.05, 0.1) is 0 Å². The molecule has 0 spiro atoms. The maximum atomic E-state index is 8.92. The average Bonchev–Trinajstić information content (AvgIpc) is 2.81. The molecule has 0 atom stereocenters. The number of aryl methyl sites for hydroxylation is 2. The van der Waals surface area contributed by atoms with Gasteiger partial charge in [-0.05, 0) is 0 Å². The summed E-state index contributed by atoms with van der Waals surface area (Å²) in [5.74, 6) is 0.356. The van der Waals surface area contributed by atoms with Crippen molar-refractivity contribution in [1.82, 2.24) is 9.97 Å². The average molecular weight is 427 g/mol. The maximum absolute atomic E-state index is 8.92. The van der Waals surface area contributed by atoms with Crippen LogP contribution in [0, 0.1) is 19.3 Å². The number of amidine groups is 1. The molecule has 156 valence electrons. The summed E-state index contributed by atoms with van der Waals surface area (Å²) in [6, 6.07) is 31.9. The summed E-state index contributed by atoms with van der Waals surface area (Å²) in [6.45, 7) is 3.87. The van der Waals surface area contributed by atoms with Crippen LogP contribution in [-0.4, -0.2) is 22.0 Å². The van der Waals surface area contributed by atoms with Crippen molar-refractivity contribution in [3.63, 3.8) is 0 Å². The van der Waals surface area contributed by atoms with Crippen molar-refractivity contribution in [2.45, 2.75) is 13.8 Å². The van der Waals surface area contributed by atoms with Crippen LogP contribution in [0.4, 0.5) is 0 Å². The van der Waals surface area contributed by atoms with E-state index in [4.69, 9.17) is 5.41 Å². The van der Waals surface area contributed by atoms with E-state index in [9.17, 15) is 0 Å². The zero-order valence-corrected chi connectivity index (χ0v) is 18.8. The minimum absolute atomic E-state index is 0.356. The van der Waals surface area contributed by atoms with Crippen molar-refractivity contribution in [2.24, 2.45) is 4.99 Å². The standard InChI is InChI=1S/C26H27N4P/c1-20-18-28-21(2)26(29-20)30-25(27)19-31(22-12-6-3-7-13-22,23-14-8-4-9-15-23)24-16-10-5-11-17-24/h3-18,31H,19H2,1-2H3,(H2,27,29,30). The number of aromatic nitrogens is 2. The van der Waals surface area contributed by atoms with Gasteiger partial charge in [0.25, 0.3) is 0 Å². The van der Waals surface area contributed by atoms with E-state index in [1.54, 1.807) is 6.20 Å². The molecule has 31 heavy (non-hydrogen) atoms. The van der Waals surface area contributed by atoms with Crippen molar-refractivity contribution >= 4 is 29.0 Å². The first-order valence-electron chi connectivity index (χ1n) is 10.4. The van der Waals surface area contributed by atoms with Crippen LogP contribution in [0.3, 0.4) is 0 Å². The summed E-state index contributed by atoms with van der Waals surface area (Å²) in [4.78, 5) is 12.3. The second-order valence-corrected chi connectivity index (χ2v) is 11.6. The molecule has 1 heterocycles. The fraction of sp³-hybridized carbons (Fsp3) is 0.115. The molecule has 0 amide bonds. The van der Waals surface area contributed by atoms with Gasteiger partial charge in [0, 0.05) is 0 Å². The van der Waals surface area contributed by atoms with E-state index in [2.05, 4.69) is 87.8 Å². The third-order valence-electron chi connectivity index (χ3n) is 5.59. The van der Waals surface area contributed by atoms with Crippen LogP contribution in [0.1, 0.15) is 11.4 Å². The normalized spacial score (nSPS) is 12.5. The molecule has 0 aliphatic rings. The predicted molar refractivity (Wildman–Crippen MR) is 133 cm³/mol. The summed E-state index contributed by atoms with van der Waals surface area (Å²) in [5, 5.41) is 12.7. The van der Waals surface area contributed by atoms with Gasteiger partial charge in [0.15, 0.2) is 0 Å². The van der Waals surface area contributed by atoms with Crippen molar-refractivity contribution < 1.29 is 0 Å². The number of rotatable bonds is 5. The van der Waals surface area contributed by atoms with Gasteiger partial charge in [-0.25, -0.2) is 0 Å². The Kier molecular flexibility index (Phi) is 6.20. The minimum atomic E-state index is -2.52. The van der Waals surface area contributed by atoms with Gasteiger partial charge in [-0.3, -0.25) is 0 Å². The number of nitrogens with one attached hydrogen (secondary N) is 2. The Bertz CT molecular complexity index is 1140. The summed E-state index contributed by atoms with van der Waals surface area (Å²) in [6.07, 6.45) is 2.35. The summed E-state index contributed by atoms with van der Waals surface area (Å²) >= 11 is 0. The number of hydrogen-bond acceptors (Lipinski definition) is 2. The molecule has 4 nitrogen and oxygen atoms in total. The molecular formula is C26H27N4P. The molecule has 4 aromatic rings. The molecule has 0 saturated carbocycles. The first kappa shape index (κ1) is 20.9. The van der Waals surface area contributed by atoms with Crippen LogP contribution in [-0.2, 0) is 0 Å². The molecule has 0 aliphatic heterocycles. The third kappa shape index (κ3) is 4.40. The third-order valence-corrected chi connectivity index (χ3v) is 10.4. The van der Waals surface area contributed by atoms with Gasteiger partial charge in [0.1, 0.15) is 0 Å². The van der Waals surface area contributed by atoms with E-state index in [0.29, 0.717) is 17.5 Å². The topological polar surface area (TPSA) is 64.9 Å². The van der Waals surface area contributed by atoms with Gasteiger partial charge in [-0.1, -0.05) is 0 Å². The Labute approximate surface area is 183 Å². The van der Waals surface area contributed by atoms with Crippen LogP contribution < -0.4 is 21.4 Å². The molecule has 5 heteroatoms. The van der Waals surface area contributed by atoms with E-state index < -0.39 is 7.26 Å². The van der Waals surface area contributed by atoms with Gasteiger partial charge < -0.3 is 0 Å². The van der Waals surface area contributed by atoms with E-state index in [1.807, 2.05) is 32.0 Å². The molecule has 3 aromatic carbocycles. The first-order valence-corrected chi connectivity index (χ1v) is 12.6. The van der Waals surface area contributed by atoms with Crippen LogP contribution in [0.2, 0.25) is 0 Å². The molecule has 0 aliphatic carbocycles. The van der Waals surface area contributed by atoms with Crippen LogP contribution in [0.25, 0.3) is 0 Å². The van der Waals surface area contributed by atoms with E-state index in [-0.39, 0.29) is 0 Å². The van der Waals surface area contributed by atoms with Crippen LogP contribution in [0.15, 0.2) is 102 Å². The Morgan fingerprint density at radius 1 is 0.806 bits per heavy atom. The first-order chi connectivity index (χ1) is 15.1. The molecule has 0 radical (unpaired) electrons. The van der Waals surface area contributed by atoms with Crippen molar-refractivity contribution in [3.8, 4) is 0 Å². The summed E-state index contributed by atoms with van der Waals surface area (Å²) < 4.78 is 0. The Hall–Kier alpha value is -3.36. The van der Waals surface area contributed by atoms with E-state index >= 15 is 0 Å². The molecule has 0 bridgehead atoms. The van der Waals surface area contributed by atoms with Crippen LogP contribution in [0.5, 0.6) is 0 Å². The monoisotopic (exact) mass is 426 g/mol. The SMILES string of the molecule is Cc1cnc(C)/c(=N/C(=N)C[PH](c2ccccc2)(c2ccccc2)c2ccccc2)[nH]1. The fourth-order valence-electron chi connectivity index (χ4n) is 4.07. The molecule has 0 unspecified atom stereocenters. The molecule has 2 N–H and O–H groups in total. The fourth-order valence-corrected chi connectivity index (χ4v) is 8.55. The van der Waals surface area contributed by atoms with Gasteiger partial charge in [-0.2, -0.15) is 0 Å². The van der Waals surface area contributed by atoms with Gasteiger partial charge >= 0.3 is 183 Å². The van der Waals surface area contributed by atoms with Crippen LogP contribution >= 0.6 is 7.26 Å². The van der Waals surface area contributed by atoms with Crippen molar-refractivity contribution in [1.29, 1.82) is 5.41 Å². The number of benzene rings is 3. The van der Waals surface area contributed by atoms with Gasteiger partial charge in [0.2, 0.25) is 0 Å². The zero-order chi connectivity index (χ0) is 21.7. The van der Waals surface area contributed by atoms with E-state index in [0.717, 1.165) is 11.4 Å². The molecule has 0 fully saturated rings. The van der Waals surface area contributed by atoms with E-state index in [1.165, 1.54) is 15.9 Å². The quantitative estimate of drug-likeness (QED) is 0.286. The number of hydrogen-bond donors (Lipinski definition) is 2. The Balaban J connectivity index is 1.92. The summed E-state index contributed by atoms with van der Waals surface area (Å²) in [5.41, 5.74) is 2.37. The molecule has 0 saturated heterocycles. The predicted octanol–water partition coefficient (Wildman–Crippen LogP) is 3.63. The Morgan fingerprint density at radius 2 is 1.26 bits per heavy atom. The number of nitrogens with zero attached hydrogens (tertiary/aromatic N) is 2. The second kappa shape index (κ2) is 9.20. The number of H-pyrrole nitrogens is 1. The van der Waals surface area contributed by atoms with Crippen molar-refractivity contribution in [2.75, 3.05) is 6.16 Å². The van der Waals surface area contributed by atoms with Crippen molar-refractivity contribution in [3.05, 3.63) is 114 Å².